The van der Waals surface area contributed by atoms with Gasteiger partial charge < -0.3 is 10.4 Å². The molecule has 0 unspecified atom stereocenters. The topological polar surface area (TPSA) is 62.2 Å². The van der Waals surface area contributed by atoms with E-state index in [0.29, 0.717) is 12.1 Å². The molecule has 0 saturated carbocycles. The second-order valence-corrected chi connectivity index (χ2v) is 4.72. The minimum atomic E-state index is -0.910. The number of carbonyl (C=O) groups is 1. The first kappa shape index (κ1) is 13.1. The summed E-state index contributed by atoms with van der Waals surface area (Å²) in [7, 11) is 0. The molecule has 0 fully saturated rings. The Kier molecular flexibility index (Phi) is 3.51. The fraction of sp³-hybridized carbons (Fsp3) is 0.0588. The summed E-state index contributed by atoms with van der Waals surface area (Å²) in [4.78, 5) is 15.3. The molecular weight excluding hydrogens is 264 g/mol. The Morgan fingerprint density at radius 2 is 1.71 bits per heavy atom. The van der Waals surface area contributed by atoms with Crippen molar-refractivity contribution in [3.8, 4) is 0 Å². The molecule has 2 N–H and O–H groups in total. The average molecular weight is 278 g/mol. The molecule has 0 atom stereocenters. The van der Waals surface area contributed by atoms with Gasteiger partial charge in [0.25, 0.3) is 0 Å². The van der Waals surface area contributed by atoms with Crippen LogP contribution in [0.4, 0.5) is 5.69 Å². The number of hydrogen-bond acceptors (Lipinski definition) is 3. The lowest BCUT2D eigenvalue weighted by molar-refractivity contribution is 0.0699. The number of rotatable bonds is 4. The monoisotopic (exact) mass is 278 g/mol. The fourth-order valence-corrected chi connectivity index (χ4v) is 2.34. The van der Waals surface area contributed by atoms with Crippen LogP contribution < -0.4 is 5.32 Å². The molecule has 0 aliphatic carbocycles. The highest BCUT2D eigenvalue weighted by Crippen LogP contribution is 2.27. The van der Waals surface area contributed by atoms with E-state index < -0.39 is 5.97 Å². The predicted octanol–water partition coefficient (Wildman–Crippen LogP) is 3.55. The molecule has 0 aliphatic heterocycles. The number of benzene rings is 2. The molecule has 21 heavy (non-hydrogen) atoms. The first-order valence-electron chi connectivity index (χ1n) is 6.63. The van der Waals surface area contributed by atoms with Crippen LogP contribution in [-0.4, -0.2) is 16.1 Å². The number of pyridine rings is 1. The van der Waals surface area contributed by atoms with Crippen LogP contribution in [0.25, 0.3) is 10.8 Å². The molecule has 0 spiro atoms. The van der Waals surface area contributed by atoms with Crippen molar-refractivity contribution in [1.29, 1.82) is 0 Å². The van der Waals surface area contributed by atoms with E-state index in [-0.39, 0.29) is 0 Å². The van der Waals surface area contributed by atoms with Crippen LogP contribution in [0.2, 0.25) is 0 Å². The van der Waals surface area contributed by atoms with Gasteiger partial charge in [-0.05, 0) is 35.2 Å². The smallest absolute Gasteiger partial charge is 0.336 e. The molecule has 4 heteroatoms. The molecule has 1 aromatic heterocycles. The summed E-state index contributed by atoms with van der Waals surface area (Å²) in [6.07, 6.45) is 3.51. The number of aromatic nitrogens is 1. The maximum absolute atomic E-state index is 11.3. The number of nitrogens with one attached hydrogen (secondary N) is 1. The third-order valence-corrected chi connectivity index (χ3v) is 3.39. The third-order valence-electron chi connectivity index (χ3n) is 3.39. The standard InChI is InChI=1S/C17H14N2O2/c20-17(21)15-5-6-16(14-4-2-1-3-13(14)15)19-11-12-7-9-18-10-8-12/h1-10,19H,11H2,(H,20,21). The third kappa shape index (κ3) is 2.69. The van der Waals surface area contributed by atoms with Crippen LogP contribution >= 0.6 is 0 Å². The maximum atomic E-state index is 11.3. The van der Waals surface area contributed by atoms with Crippen LogP contribution in [0.1, 0.15) is 15.9 Å². The Morgan fingerprint density at radius 3 is 2.43 bits per heavy atom. The van der Waals surface area contributed by atoms with Gasteiger partial charge in [0.1, 0.15) is 0 Å². The lowest BCUT2D eigenvalue weighted by Crippen LogP contribution is -2.03. The summed E-state index contributed by atoms with van der Waals surface area (Å²) in [5.41, 5.74) is 2.36. The van der Waals surface area contributed by atoms with Crippen molar-refractivity contribution in [2.24, 2.45) is 0 Å². The van der Waals surface area contributed by atoms with E-state index in [9.17, 15) is 9.90 Å². The molecule has 0 amide bonds. The molecule has 0 bridgehead atoms. The van der Waals surface area contributed by atoms with E-state index in [1.807, 2.05) is 42.5 Å². The van der Waals surface area contributed by atoms with Crippen molar-refractivity contribution >= 4 is 22.4 Å². The summed E-state index contributed by atoms with van der Waals surface area (Å²) in [6.45, 7) is 0.666. The molecular formula is C17H14N2O2. The second-order valence-electron chi connectivity index (χ2n) is 4.72. The summed E-state index contributed by atoms with van der Waals surface area (Å²) in [6, 6.07) is 14.9. The first-order chi connectivity index (χ1) is 10.3. The van der Waals surface area contributed by atoms with Crippen molar-refractivity contribution in [1.82, 2.24) is 4.98 Å². The highest BCUT2D eigenvalue weighted by molar-refractivity contribution is 6.07. The van der Waals surface area contributed by atoms with Crippen molar-refractivity contribution in [2.75, 3.05) is 5.32 Å². The molecule has 4 nitrogen and oxygen atoms in total. The van der Waals surface area contributed by atoms with Gasteiger partial charge >= 0.3 is 5.97 Å². The Bertz CT molecular complexity index is 785. The number of carboxylic acids is 1. The molecule has 1 heterocycles. The van der Waals surface area contributed by atoms with Gasteiger partial charge in [0.15, 0.2) is 0 Å². The molecule has 104 valence electrons. The van der Waals surface area contributed by atoms with E-state index in [0.717, 1.165) is 22.0 Å². The molecule has 0 radical (unpaired) electrons. The van der Waals surface area contributed by atoms with Gasteiger partial charge in [-0.25, -0.2) is 4.79 Å². The largest absolute Gasteiger partial charge is 0.478 e. The van der Waals surface area contributed by atoms with Crippen LogP contribution in [0.5, 0.6) is 0 Å². The molecule has 0 aliphatic rings. The van der Waals surface area contributed by atoms with Gasteiger partial charge in [0.2, 0.25) is 0 Å². The van der Waals surface area contributed by atoms with Crippen molar-refractivity contribution in [3.63, 3.8) is 0 Å². The van der Waals surface area contributed by atoms with E-state index in [1.54, 1.807) is 18.5 Å². The van der Waals surface area contributed by atoms with Gasteiger partial charge in [-0.1, -0.05) is 24.3 Å². The zero-order valence-corrected chi connectivity index (χ0v) is 11.3. The van der Waals surface area contributed by atoms with Gasteiger partial charge in [-0.2, -0.15) is 0 Å². The Balaban J connectivity index is 1.96. The number of carboxylic acid groups (broad SMARTS) is 1. The number of fused-ring (bicyclic) bond motifs is 1. The normalized spacial score (nSPS) is 10.5. The lowest BCUT2D eigenvalue weighted by Gasteiger charge is -2.11. The minimum Gasteiger partial charge on any atom is -0.478 e. The van der Waals surface area contributed by atoms with Crippen LogP contribution in [0, 0.1) is 0 Å². The SMILES string of the molecule is O=C(O)c1ccc(NCc2ccncc2)c2ccccc12. The van der Waals surface area contributed by atoms with Crippen LogP contribution in [0.15, 0.2) is 60.9 Å². The summed E-state index contributed by atoms with van der Waals surface area (Å²) in [5, 5.41) is 14.3. The number of anilines is 1. The zero-order chi connectivity index (χ0) is 14.7. The summed E-state index contributed by atoms with van der Waals surface area (Å²) in [5.74, 6) is -0.910. The van der Waals surface area contributed by atoms with Crippen molar-refractivity contribution < 1.29 is 9.90 Å². The number of hydrogen-bond donors (Lipinski definition) is 2. The van der Waals surface area contributed by atoms with Gasteiger partial charge in [-0.15, -0.1) is 0 Å². The lowest BCUT2D eigenvalue weighted by atomic mass is 10.0. The van der Waals surface area contributed by atoms with Crippen molar-refractivity contribution in [3.05, 3.63) is 72.1 Å². The zero-order valence-electron chi connectivity index (χ0n) is 11.3. The molecule has 3 aromatic rings. The minimum absolute atomic E-state index is 0.320. The Morgan fingerprint density at radius 1 is 1.00 bits per heavy atom. The molecule has 3 rings (SSSR count). The quantitative estimate of drug-likeness (QED) is 0.766. The maximum Gasteiger partial charge on any atom is 0.336 e. The second kappa shape index (κ2) is 5.63. The van der Waals surface area contributed by atoms with Crippen LogP contribution in [0.3, 0.4) is 0 Å². The fourth-order valence-electron chi connectivity index (χ4n) is 2.34. The first-order valence-corrected chi connectivity index (χ1v) is 6.63. The Labute approximate surface area is 122 Å². The van der Waals surface area contributed by atoms with Gasteiger partial charge in [0, 0.05) is 30.0 Å². The highest BCUT2D eigenvalue weighted by atomic mass is 16.4. The van der Waals surface area contributed by atoms with E-state index in [4.69, 9.17) is 0 Å². The van der Waals surface area contributed by atoms with Gasteiger partial charge in [-0.3, -0.25) is 4.98 Å². The molecule has 0 saturated heterocycles. The highest BCUT2D eigenvalue weighted by Gasteiger charge is 2.10. The van der Waals surface area contributed by atoms with Crippen molar-refractivity contribution in [2.45, 2.75) is 6.54 Å². The molecule has 2 aromatic carbocycles. The Hall–Kier alpha value is -2.88. The number of nitrogens with zero attached hydrogens (tertiary/aromatic N) is 1. The van der Waals surface area contributed by atoms with Crippen LogP contribution in [-0.2, 0) is 6.54 Å². The van der Waals surface area contributed by atoms with E-state index in [2.05, 4.69) is 10.3 Å². The average Bonchev–Trinajstić information content (AvgIpc) is 2.53. The number of aromatic carboxylic acids is 1. The van der Waals surface area contributed by atoms with E-state index >= 15 is 0 Å². The predicted molar refractivity (Wildman–Crippen MR) is 82.5 cm³/mol. The van der Waals surface area contributed by atoms with E-state index in [1.165, 1.54) is 0 Å². The summed E-state index contributed by atoms with van der Waals surface area (Å²) < 4.78 is 0. The summed E-state index contributed by atoms with van der Waals surface area (Å²) >= 11 is 0. The van der Waals surface area contributed by atoms with Gasteiger partial charge in [0.05, 0.1) is 5.56 Å².